The average Bonchev–Trinajstić information content (AvgIpc) is 2.33. The van der Waals surface area contributed by atoms with Gasteiger partial charge in [-0.3, -0.25) is 0 Å². The number of rotatable bonds is 4. The second-order valence-corrected chi connectivity index (χ2v) is 5.14. The molecule has 0 heterocycles. The molecule has 1 rings (SSSR count). The topological polar surface area (TPSA) is 47.6 Å². The highest BCUT2D eigenvalue weighted by molar-refractivity contribution is 5.68. The zero-order valence-electron chi connectivity index (χ0n) is 12.2. The predicted molar refractivity (Wildman–Crippen MR) is 76.2 cm³/mol. The van der Waals surface area contributed by atoms with Crippen molar-refractivity contribution in [2.75, 3.05) is 13.7 Å². The minimum atomic E-state index is -0.539. The molecule has 1 aromatic carbocycles. The SMILES string of the molecule is COc1cccc(F)c1C=CCNC(=O)OC(C)(C)C. The lowest BCUT2D eigenvalue weighted by molar-refractivity contribution is 0.0534. The van der Waals surface area contributed by atoms with Crippen LogP contribution < -0.4 is 10.1 Å². The molecule has 1 N–H and O–H groups in total. The largest absolute Gasteiger partial charge is 0.496 e. The lowest BCUT2D eigenvalue weighted by atomic mass is 10.1. The minimum absolute atomic E-state index is 0.242. The third-order valence-corrected chi connectivity index (χ3v) is 2.28. The smallest absolute Gasteiger partial charge is 0.407 e. The van der Waals surface area contributed by atoms with Crippen molar-refractivity contribution in [3.8, 4) is 5.75 Å². The standard InChI is InChI=1S/C15H20FNO3/c1-15(2,3)20-14(18)17-10-6-7-11-12(16)8-5-9-13(11)19-4/h5-9H,10H2,1-4H3,(H,17,18). The number of hydrogen-bond donors (Lipinski definition) is 1. The van der Waals surface area contributed by atoms with E-state index in [9.17, 15) is 9.18 Å². The molecule has 0 aliphatic heterocycles. The number of amides is 1. The zero-order valence-corrected chi connectivity index (χ0v) is 12.2. The van der Waals surface area contributed by atoms with E-state index in [-0.39, 0.29) is 12.4 Å². The number of carbonyl (C=O) groups is 1. The van der Waals surface area contributed by atoms with Gasteiger partial charge in [-0.25, -0.2) is 9.18 Å². The Morgan fingerprint density at radius 2 is 2.10 bits per heavy atom. The lowest BCUT2D eigenvalue weighted by Crippen LogP contribution is -2.32. The van der Waals surface area contributed by atoms with Gasteiger partial charge in [-0.2, -0.15) is 0 Å². The van der Waals surface area contributed by atoms with Crippen molar-refractivity contribution in [3.05, 3.63) is 35.7 Å². The van der Waals surface area contributed by atoms with Crippen molar-refractivity contribution in [1.82, 2.24) is 5.32 Å². The molecule has 0 atom stereocenters. The van der Waals surface area contributed by atoms with Crippen LogP contribution in [-0.2, 0) is 4.74 Å². The minimum Gasteiger partial charge on any atom is -0.496 e. The molecule has 0 radical (unpaired) electrons. The van der Waals surface area contributed by atoms with E-state index in [2.05, 4.69) is 5.32 Å². The Morgan fingerprint density at radius 3 is 2.70 bits per heavy atom. The fourth-order valence-corrected chi connectivity index (χ4v) is 1.49. The van der Waals surface area contributed by atoms with Gasteiger partial charge in [0.25, 0.3) is 0 Å². The molecular formula is C15H20FNO3. The molecule has 110 valence electrons. The van der Waals surface area contributed by atoms with Gasteiger partial charge in [0.1, 0.15) is 17.2 Å². The number of halogens is 1. The molecule has 0 unspecified atom stereocenters. The van der Waals surface area contributed by atoms with E-state index in [0.29, 0.717) is 11.3 Å². The monoisotopic (exact) mass is 281 g/mol. The van der Waals surface area contributed by atoms with Gasteiger partial charge < -0.3 is 14.8 Å². The summed E-state index contributed by atoms with van der Waals surface area (Å²) in [4.78, 5) is 11.4. The molecule has 0 fully saturated rings. The molecule has 0 spiro atoms. The highest BCUT2D eigenvalue weighted by atomic mass is 19.1. The second kappa shape index (κ2) is 6.93. The van der Waals surface area contributed by atoms with Crippen molar-refractivity contribution in [1.29, 1.82) is 0 Å². The lowest BCUT2D eigenvalue weighted by Gasteiger charge is -2.19. The third kappa shape index (κ3) is 5.30. The quantitative estimate of drug-likeness (QED) is 0.920. The zero-order chi connectivity index (χ0) is 15.2. The molecule has 0 saturated carbocycles. The van der Waals surface area contributed by atoms with E-state index in [1.165, 1.54) is 13.2 Å². The Hall–Kier alpha value is -2.04. The molecule has 1 amide bonds. The summed E-state index contributed by atoms with van der Waals surface area (Å²) in [6.07, 6.45) is 2.68. The van der Waals surface area contributed by atoms with Crippen LogP contribution in [0.1, 0.15) is 26.3 Å². The fraction of sp³-hybridized carbons (Fsp3) is 0.400. The van der Waals surface area contributed by atoms with Crippen LogP contribution in [0, 0.1) is 5.82 Å². The summed E-state index contributed by atoms with van der Waals surface area (Å²) >= 11 is 0. The maximum absolute atomic E-state index is 13.6. The first-order valence-corrected chi connectivity index (χ1v) is 6.29. The van der Waals surface area contributed by atoms with Gasteiger partial charge in [-0.15, -0.1) is 0 Å². The van der Waals surface area contributed by atoms with Crippen LogP contribution in [0.4, 0.5) is 9.18 Å². The highest BCUT2D eigenvalue weighted by Crippen LogP contribution is 2.22. The van der Waals surface area contributed by atoms with Crippen molar-refractivity contribution in [2.45, 2.75) is 26.4 Å². The van der Waals surface area contributed by atoms with Crippen LogP contribution in [0.25, 0.3) is 6.08 Å². The summed E-state index contributed by atoms with van der Waals surface area (Å²) in [6, 6.07) is 4.60. The van der Waals surface area contributed by atoms with Crippen LogP contribution in [0.15, 0.2) is 24.3 Å². The molecule has 0 bridgehead atoms. The summed E-state index contributed by atoms with van der Waals surface area (Å²) < 4.78 is 23.7. The van der Waals surface area contributed by atoms with Gasteiger partial charge in [0.15, 0.2) is 0 Å². The van der Waals surface area contributed by atoms with Gasteiger partial charge in [0.2, 0.25) is 0 Å². The number of benzene rings is 1. The number of carbonyl (C=O) groups excluding carboxylic acids is 1. The Labute approximate surface area is 118 Å². The van der Waals surface area contributed by atoms with Crippen LogP contribution >= 0.6 is 0 Å². The summed E-state index contributed by atoms with van der Waals surface area (Å²) in [7, 11) is 1.48. The van der Waals surface area contributed by atoms with Crippen molar-refractivity contribution < 1.29 is 18.7 Å². The van der Waals surface area contributed by atoms with E-state index < -0.39 is 11.7 Å². The van der Waals surface area contributed by atoms with Crippen LogP contribution in [0.2, 0.25) is 0 Å². The third-order valence-electron chi connectivity index (χ3n) is 2.28. The number of hydrogen-bond acceptors (Lipinski definition) is 3. The van der Waals surface area contributed by atoms with Crippen LogP contribution in [0.5, 0.6) is 5.75 Å². The molecule has 5 heteroatoms. The van der Waals surface area contributed by atoms with Crippen molar-refractivity contribution >= 4 is 12.2 Å². The van der Waals surface area contributed by atoms with E-state index in [0.717, 1.165) is 0 Å². The molecule has 4 nitrogen and oxygen atoms in total. The Bertz CT molecular complexity index is 492. The first-order chi connectivity index (χ1) is 9.33. The van der Waals surface area contributed by atoms with E-state index >= 15 is 0 Å². The Kier molecular flexibility index (Phi) is 5.55. The van der Waals surface area contributed by atoms with E-state index in [4.69, 9.17) is 9.47 Å². The van der Waals surface area contributed by atoms with Crippen LogP contribution in [0.3, 0.4) is 0 Å². The maximum Gasteiger partial charge on any atom is 0.407 e. The van der Waals surface area contributed by atoms with Gasteiger partial charge >= 0.3 is 6.09 Å². The number of alkyl carbamates (subject to hydrolysis) is 1. The number of nitrogens with one attached hydrogen (secondary N) is 1. The van der Waals surface area contributed by atoms with Crippen LogP contribution in [-0.4, -0.2) is 25.3 Å². The summed E-state index contributed by atoms with van der Waals surface area (Å²) in [5.74, 6) is 0.0661. The number of methoxy groups -OCH3 is 1. The first-order valence-electron chi connectivity index (χ1n) is 6.29. The summed E-state index contributed by atoms with van der Waals surface area (Å²) in [5, 5.41) is 2.56. The normalized spacial score (nSPS) is 11.4. The molecule has 0 aliphatic carbocycles. The van der Waals surface area contributed by atoms with Gasteiger partial charge in [0, 0.05) is 6.54 Å². The average molecular weight is 281 g/mol. The van der Waals surface area contributed by atoms with Crippen molar-refractivity contribution in [3.63, 3.8) is 0 Å². The highest BCUT2D eigenvalue weighted by Gasteiger charge is 2.15. The summed E-state index contributed by atoms with van der Waals surface area (Å²) in [5.41, 5.74) is -0.191. The van der Waals surface area contributed by atoms with Gasteiger partial charge in [-0.05, 0) is 32.9 Å². The van der Waals surface area contributed by atoms with Gasteiger partial charge in [0.05, 0.1) is 12.7 Å². The summed E-state index contributed by atoms with van der Waals surface area (Å²) in [6.45, 7) is 5.60. The molecule has 0 aliphatic rings. The molecule has 0 aromatic heterocycles. The fourth-order valence-electron chi connectivity index (χ4n) is 1.49. The van der Waals surface area contributed by atoms with Gasteiger partial charge in [-0.1, -0.05) is 18.2 Å². The molecular weight excluding hydrogens is 261 g/mol. The number of ether oxygens (including phenoxy) is 2. The Balaban J connectivity index is 2.56. The van der Waals surface area contributed by atoms with Crippen molar-refractivity contribution in [2.24, 2.45) is 0 Å². The second-order valence-electron chi connectivity index (χ2n) is 5.14. The molecule has 1 aromatic rings. The molecule has 20 heavy (non-hydrogen) atoms. The molecule has 0 saturated heterocycles. The Morgan fingerprint density at radius 1 is 1.40 bits per heavy atom. The van der Waals surface area contributed by atoms with E-state index in [1.807, 2.05) is 0 Å². The first kappa shape index (κ1) is 16.0. The van der Waals surface area contributed by atoms with E-state index in [1.54, 1.807) is 45.1 Å². The predicted octanol–water partition coefficient (Wildman–Crippen LogP) is 3.37. The maximum atomic E-state index is 13.6.